The van der Waals surface area contributed by atoms with E-state index < -0.39 is 0 Å². The van der Waals surface area contributed by atoms with Gasteiger partial charge in [0.25, 0.3) is 0 Å². The fourth-order valence-electron chi connectivity index (χ4n) is 3.16. The number of fused-ring (bicyclic) bond motifs is 1. The molecule has 120 valence electrons. The second-order valence-electron chi connectivity index (χ2n) is 6.06. The van der Waals surface area contributed by atoms with Gasteiger partial charge in [0.2, 0.25) is 5.95 Å². The van der Waals surface area contributed by atoms with E-state index in [0.717, 1.165) is 30.9 Å². The van der Waals surface area contributed by atoms with Gasteiger partial charge in [-0.3, -0.25) is 0 Å². The van der Waals surface area contributed by atoms with E-state index in [9.17, 15) is 0 Å². The molecule has 0 amide bonds. The van der Waals surface area contributed by atoms with E-state index in [2.05, 4.69) is 52.5 Å². The van der Waals surface area contributed by atoms with Crippen LogP contribution in [0.15, 0.2) is 60.8 Å². The molecule has 4 heteroatoms. The number of nitrogens with one attached hydrogen (secondary N) is 1. The van der Waals surface area contributed by atoms with E-state index in [0.29, 0.717) is 5.95 Å². The molecule has 2 heterocycles. The average molecular weight is 316 g/mol. The first-order chi connectivity index (χ1) is 11.8. The lowest BCUT2D eigenvalue weighted by molar-refractivity contribution is 0.759. The van der Waals surface area contributed by atoms with Gasteiger partial charge >= 0.3 is 0 Å². The minimum atomic E-state index is 0.629. The second-order valence-corrected chi connectivity index (χ2v) is 6.06. The van der Waals surface area contributed by atoms with E-state index >= 15 is 0 Å². The van der Waals surface area contributed by atoms with Crippen LogP contribution in [0.5, 0.6) is 0 Å². The first kappa shape index (κ1) is 14.7. The zero-order valence-corrected chi connectivity index (χ0v) is 13.7. The molecule has 1 N–H and O–H groups in total. The SMILES string of the molecule is Cc1ccccc1Nc1nccc(N2CCCc3ccccc32)n1. The van der Waals surface area contributed by atoms with Gasteiger partial charge in [0.15, 0.2) is 0 Å². The van der Waals surface area contributed by atoms with Crippen LogP contribution in [-0.4, -0.2) is 16.5 Å². The van der Waals surface area contributed by atoms with Gasteiger partial charge in [0.05, 0.1) is 0 Å². The highest BCUT2D eigenvalue weighted by Crippen LogP contribution is 2.32. The van der Waals surface area contributed by atoms with Crippen molar-refractivity contribution in [3.8, 4) is 0 Å². The molecule has 24 heavy (non-hydrogen) atoms. The van der Waals surface area contributed by atoms with Crippen molar-refractivity contribution in [2.75, 3.05) is 16.8 Å². The lowest BCUT2D eigenvalue weighted by atomic mass is 10.0. The summed E-state index contributed by atoms with van der Waals surface area (Å²) in [4.78, 5) is 11.4. The quantitative estimate of drug-likeness (QED) is 0.766. The molecule has 0 fully saturated rings. The van der Waals surface area contributed by atoms with Crippen LogP contribution in [-0.2, 0) is 6.42 Å². The van der Waals surface area contributed by atoms with E-state index in [1.54, 1.807) is 0 Å². The normalized spacial score (nSPS) is 13.5. The van der Waals surface area contributed by atoms with Crippen molar-refractivity contribution in [1.29, 1.82) is 0 Å². The topological polar surface area (TPSA) is 41.1 Å². The van der Waals surface area contributed by atoms with Crippen LogP contribution < -0.4 is 10.2 Å². The largest absolute Gasteiger partial charge is 0.326 e. The molecule has 1 aliphatic heterocycles. The van der Waals surface area contributed by atoms with E-state index in [1.165, 1.54) is 16.8 Å². The fraction of sp³-hybridized carbons (Fsp3) is 0.200. The van der Waals surface area contributed by atoms with Crippen LogP contribution in [0.3, 0.4) is 0 Å². The highest BCUT2D eigenvalue weighted by molar-refractivity contribution is 5.66. The Morgan fingerprint density at radius 3 is 2.75 bits per heavy atom. The number of para-hydroxylation sites is 2. The number of rotatable bonds is 3. The Labute approximate surface area is 142 Å². The van der Waals surface area contributed by atoms with Crippen molar-refractivity contribution in [1.82, 2.24) is 9.97 Å². The third-order valence-corrected chi connectivity index (χ3v) is 4.42. The molecular formula is C20H20N4. The first-order valence-corrected chi connectivity index (χ1v) is 8.32. The molecule has 0 bridgehead atoms. The molecule has 4 nitrogen and oxygen atoms in total. The number of nitrogens with zero attached hydrogens (tertiary/aromatic N) is 3. The highest BCUT2D eigenvalue weighted by atomic mass is 15.2. The molecule has 0 saturated heterocycles. The average Bonchev–Trinajstić information content (AvgIpc) is 2.63. The van der Waals surface area contributed by atoms with Gasteiger partial charge < -0.3 is 10.2 Å². The summed E-state index contributed by atoms with van der Waals surface area (Å²) in [6.45, 7) is 3.06. The van der Waals surface area contributed by atoms with Crippen LogP contribution in [0.1, 0.15) is 17.5 Å². The maximum absolute atomic E-state index is 4.74. The molecule has 0 unspecified atom stereocenters. The fourth-order valence-corrected chi connectivity index (χ4v) is 3.16. The van der Waals surface area contributed by atoms with Crippen LogP contribution >= 0.6 is 0 Å². The van der Waals surface area contributed by atoms with E-state index in [-0.39, 0.29) is 0 Å². The summed E-state index contributed by atoms with van der Waals surface area (Å²) in [6.07, 6.45) is 4.09. The van der Waals surface area contributed by atoms with Crippen LogP contribution in [0.2, 0.25) is 0 Å². The van der Waals surface area contributed by atoms with E-state index in [4.69, 9.17) is 4.98 Å². The third-order valence-electron chi connectivity index (χ3n) is 4.42. The van der Waals surface area contributed by atoms with Crippen molar-refractivity contribution in [3.05, 3.63) is 71.9 Å². The number of aryl methyl sites for hydroxylation is 2. The molecule has 0 saturated carbocycles. The van der Waals surface area contributed by atoms with Gasteiger partial charge in [-0.05, 0) is 49.1 Å². The smallest absolute Gasteiger partial charge is 0.229 e. The van der Waals surface area contributed by atoms with Crippen molar-refractivity contribution in [2.45, 2.75) is 19.8 Å². The molecule has 1 aliphatic rings. The summed E-state index contributed by atoms with van der Waals surface area (Å²) in [5, 5.41) is 3.33. The summed E-state index contributed by atoms with van der Waals surface area (Å²) in [7, 11) is 0. The summed E-state index contributed by atoms with van der Waals surface area (Å²) in [5.74, 6) is 1.57. The minimum absolute atomic E-state index is 0.629. The molecule has 2 aromatic carbocycles. The molecule has 0 spiro atoms. The standard InChI is InChI=1S/C20H20N4/c1-15-7-2-4-10-17(15)22-20-21-13-12-19(23-20)24-14-6-9-16-8-3-5-11-18(16)24/h2-5,7-8,10-13H,6,9,14H2,1H3,(H,21,22,23). The zero-order valence-electron chi connectivity index (χ0n) is 13.7. The molecule has 4 rings (SSSR count). The Morgan fingerprint density at radius 1 is 1.00 bits per heavy atom. The first-order valence-electron chi connectivity index (χ1n) is 8.32. The Balaban J connectivity index is 1.65. The van der Waals surface area contributed by atoms with Crippen molar-refractivity contribution < 1.29 is 0 Å². The Hall–Kier alpha value is -2.88. The number of hydrogen-bond acceptors (Lipinski definition) is 4. The van der Waals surface area contributed by atoms with Crippen LogP contribution in [0.25, 0.3) is 0 Å². The number of hydrogen-bond donors (Lipinski definition) is 1. The second kappa shape index (κ2) is 6.32. The van der Waals surface area contributed by atoms with Gasteiger partial charge in [0.1, 0.15) is 5.82 Å². The monoisotopic (exact) mass is 316 g/mol. The number of benzene rings is 2. The molecule has 3 aromatic rings. The van der Waals surface area contributed by atoms with Crippen LogP contribution in [0, 0.1) is 6.92 Å². The minimum Gasteiger partial charge on any atom is -0.326 e. The zero-order chi connectivity index (χ0) is 16.4. The number of aromatic nitrogens is 2. The lowest BCUT2D eigenvalue weighted by Crippen LogP contribution is -2.25. The number of anilines is 4. The summed E-state index contributed by atoms with van der Waals surface area (Å²) in [6, 6.07) is 18.7. The molecule has 1 aromatic heterocycles. The maximum atomic E-state index is 4.74. The third kappa shape index (κ3) is 2.83. The lowest BCUT2D eigenvalue weighted by Gasteiger charge is -2.30. The Kier molecular flexibility index (Phi) is 3.87. The molecule has 0 aliphatic carbocycles. The highest BCUT2D eigenvalue weighted by Gasteiger charge is 2.19. The van der Waals surface area contributed by atoms with Crippen molar-refractivity contribution in [3.63, 3.8) is 0 Å². The van der Waals surface area contributed by atoms with E-state index in [1.807, 2.05) is 30.5 Å². The molecular weight excluding hydrogens is 296 g/mol. The predicted molar refractivity (Wildman–Crippen MR) is 98.3 cm³/mol. The predicted octanol–water partition coefficient (Wildman–Crippen LogP) is 4.61. The van der Waals surface area contributed by atoms with Gasteiger partial charge in [-0.1, -0.05) is 36.4 Å². The molecule has 0 radical (unpaired) electrons. The van der Waals surface area contributed by atoms with Crippen LogP contribution in [0.4, 0.5) is 23.1 Å². The Morgan fingerprint density at radius 2 is 1.83 bits per heavy atom. The maximum Gasteiger partial charge on any atom is 0.229 e. The van der Waals surface area contributed by atoms with Crippen molar-refractivity contribution in [2.24, 2.45) is 0 Å². The summed E-state index contributed by atoms with van der Waals surface area (Å²) in [5.41, 5.74) is 4.85. The van der Waals surface area contributed by atoms with Gasteiger partial charge in [-0.2, -0.15) is 4.98 Å². The summed E-state index contributed by atoms with van der Waals surface area (Å²) < 4.78 is 0. The molecule has 0 atom stereocenters. The van der Waals surface area contributed by atoms with Gasteiger partial charge in [-0.15, -0.1) is 0 Å². The van der Waals surface area contributed by atoms with Gasteiger partial charge in [0, 0.05) is 24.1 Å². The summed E-state index contributed by atoms with van der Waals surface area (Å²) >= 11 is 0. The Bertz CT molecular complexity index is 860. The van der Waals surface area contributed by atoms with Crippen molar-refractivity contribution >= 4 is 23.1 Å². The van der Waals surface area contributed by atoms with Gasteiger partial charge in [-0.25, -0.2) is 4.98 Å².